The highest BCUT2D eigenvalue weighted by Gasteiger charge is 2.32. The zero-order valence-corrected chi connectivity index (χ0v) is 10.3. The van der Waals surface area contributed by atoms with Crippen molar-refractivity contribution in [3.8, 4) is 0 Å². The number of alkyl halides is 3. The Balaban J connectivity index is 2.37. The zero-order valence-electron chi connectivity index (χ0n) is 10.3. The molecule has 1 aromatic rings. The van der Waals surface area contributed by atoms with Crippen LogP contribution in [0.1, 0.15) is 11.1 Å². The van der Waals surface area contributed by atoms with E-state index in [-0.39, 0.29) is 25.2 Å². The lowest BCUT2D eigenvalue weighted by Gasteiger charge is -2.29. The normalized spacial score (nSPS) is 16.3. The Morgan fingerprint density at radius 2 is 1.80 bits per heavy atom. The summed E-state index contributed by atoms with van der Waals surface area (Å²) >= 11 is 0. The number of hydrogen-bond donors (Lipinski definition) is 2. The molecule has 0 aromatic heterocycles. The average Bonchev–Trinajstić information content (AvgIpc) is 2.35. The van der Waals surface area contributed by atoms with Gasteiger partial charge in [0.15, 0.2) is 0 Å². The van der Waals surface area contributed by atoms with Gasteiger partial charge >= 0.3 is 6.18 Å². The maximum atomic E-state index is 12.6. The molecule has 1 aliphatic rings. The third-order valence-corrected chi connectivity index (χ3v) is 2.92. The number of carbonyl (C=O) groups excluding carboxylic acids is 2. The molecular weight excluding hydrogens is 275 g/mol. The molecule has 108 valence electrons. The Hall–Kier alpha value is -2.09. The summed E-state index contributed by atoms with van der Waals surface area (Å²) in [5, 5.41) is 2.12. The van der Waals surface area contributed by atoms with E-state index < -0.39 is 23.6 Å². The van der Waals surface area contributed by atoms with E-state index in [0.29, 0.717) is 5.69 Å². The summed E-state index contributed by atoms with van der Waals surface area (Å²) in [6.45, 7) is -0.306. The van der Waals surface area contributed by atoms with Crippen LogP contribution in [0.5, 0.6) is 0 Å². The van der Waals surface area contributed by atoms with Gasteiger partial charge in [0, 0.05) is 12.2 Å². The quantitative estimate of drug-likeness (QED) is 0.782. The van der Waals surface area contributed by atoms with Gasteiger partial charge in [-0.3, -0.25) is 14.9 Å². The molecule has 1 fully saturated rings. The molecular formula is C12H12F3N3O2. The minimum absolute atomic E-state index is 0.0932. The van der Waals surface area contributed by atoms with E-state index in [2.05, 4.69) is 5.32 Å². The first-order valence-corrected chi connectivity index (χ1v) is 5.79. The van der Waals surface area contributed by atoms with Crippen LogP contribution in [-0.2, 0) is 22.3 Å². The van der Waals surface area contributed by atoms with Crippen molar-refractivity contribution < 1.29 is 22.8 Å². The molecule has 5 nitrogen and oxygen atoms in total. The highest BCUT2D eigenvalue weighted by atomic mass is 19.4. The smallest absolute Gasteiger partial charge is 0.353 e. The van der Waals surface area contributed by atoms with Crippen molar-refractivity contribution in [3.63, 3.8) is 0 Å². The van der Waals surface area contributed by atoms with Crippen molar-refractivity contribution >= 4 is 17.5 Å². The van der Waals surface area contributed by atoms with Crippen LogP contribution in [-0.4, -0.2) is 24.9 Å². The number of imide groups is 1. The van der Waals surface area contributed by atoms with Gasteiger partial charge in [-0.25, -0.2) is 0 Å². The van der Waals surface area contributed by atoms with Crippen molar-refractivity contribution in [2.45, 2.75) is 12.7 Å². The minimum atomic E-state index is -4.46. The van der Waals surface area contributed by atoms with Crippen LogP contribution in [0.3, 0.4) is 0 Å². The molecule has 1 aromatic carbocycles. The highest BCUT2D eigenvalue weighted by molar-refractivity contribution is 6.02. The first kappa shape index (κ1) is 14.3. The molecule has 0 radical (unpaired) electrons. The van der Waals surface area contributed by atoms with Crippen molar-refractivity contribution in [2.75, 3.05) is 18.0 Å². The predicted molar refractivity (Wildman–Crippen MR) is 64.7 cm³/mol. The second kappa shape index (κ2) is 5.12. The SMILES string of the molecule is NCc1cc(C(F)(F)F)ccc1N1CC(=O)NC(=O)C1. The molecule has 8 heteroatoms. The topological polar surface area (TPSA) is 75.4 Å². The van der Waals surface area contributed by atoms with Crippen LogP contribution in [0, 0.1) is 0 Å². The number of nitrogens with two attached hydrogens (primary N) is 1. The van der Waals surface area contributed by atoms with E-state index in [1.165, 1.54) is 11.0 Å². The van der Waals surface area contributed by atoms with Crippen molar-refractivity contribution in [1.29, 1.82) is 0 Å². The maximum Gasteiger partial charge on any atom is 0.416 e. The highest BCUT2D eigenvalue weighted by Crippen LogP contribution is 2.33. The van der Waals surface area contributed by atoms with Crippen LogP contribution >= 0.6 is 0 Å². The predicted octanol–water partition coefficient (Wildman–Crippen LogP) is 0.627. The van der Waals surface area contributed by atoms with Gasteiger partial charge in [-0.2, -0.15) is 13.2 Å². The molecule has 3 N–H and O–H groups in total. The first-order valence-electron chi connectivity index (χ1n) is 5.79. The zero-order chi connectivity index (χ0) is 14.9. The molecule has 1 heterocycles. The van der Waals surface area contributed by atoms with Gasteiger partial charge in [0.05, 0.1) is 18.7 Å². The Morgan fingerprint density at radius 3 is 2.30 bits per heavy atom. The summed E-state index contributed by atoms with van der Waals surface area (Å²) in [5.74, 6) is -0.992. The van der Waals surface area contributed by atoms with E-state index in [1.54, 1.807) is 0 Å². The molecule has 0 unspecified atom stereocenters. The van der Waals surface area contributed by atoms with Crippen molar-refractivity contribution in [1.82, 2.24) is 5.32 Å². The lowest BCUT2D eigenvalue weighted by molar-refractivity contribution is -0.137. The third kappa shape index (κ3) is 2.90. The summed E-state index contributed by atoms with van der Waals surface area (Å²) in [7, 11) is 0. The van der Waals surface area contributed by atoms with Gasteiger partial charge in [-0.1, -0.05) is 0 Å². The lowest BCUT2D eigenvalue weighted by atomic mass is 10.1. The third-order valence-electron chi connectivity index (χ3n) is 2.92. The van der Waals surface area contributed by atoms with Gasteiger partial charge in [-0.15, -0.1) is 0 Å². The fourth-order valence-corrected chi connectivity index (χ4v) is 2.04. The Bertz CT molecular complexity index is 541. The summed E-state index contributed by atoms with van der Waals surface area (Å²) in [6.07, 6.45) is -4.46. The summed E-state index contributed by atoms with van der Waals surface area (Å²) in [5.41, 5.74) is 5.25. The largest absolute Gasteiger partial charge is 0.416 e. The number of carbonyl (C=O) groups is 2. The molecule has 1 aliphatic heterocycles. The van der Waals surface area contributed by atoms with E-state index >= 15 is 0 Å². The first-order chi connectivity index (χ1) is 9.31. The van der Waals surface area contributed by atoms with Crippen molar-refractivity contribution in [3.05, 3.63) is 29.3 Å². The van der Waals surface area contributed by atoms with Crippen LogP contribution < -0.4 is 16.0 Å². The number of anilines is 1. The van der Waals surface area contributed by atoms with Gasteiger partial charge in [-0.05, 0) is 23.8 Å². The summed E-state index contributed by atoms with van der Waals surface area (Å²) < 4.78 is 37.9. The second-order valence-corrected chi connectivity index (χ2v) is 4.37. The minimum Gasteiger partial charge on any atom is -0.353 e. The number of piperazine rings is 1. The standard InChI is InChI=1S/C12H12F3N3O2/c13-12(14,15)8-1-2-9(7(3-8)4-16)18-5-10(19)17-11(20)6-18/h1-3H,4-6,16H2,(H,17,19,20). The monoisotopic (exact) mass is 287 g/mol. The summed E-state index contributed by atoms with van der Waals surface area (Å²) in [6, 6.07) is 3.08. The van der Waals surface area contributed by atoms with E-state index in [0.717, 1.165) is 12.1 Å². The van der Waals surface area contributed by atoms with E-state index in [1.807, 2.05) is 0 Å². The second-order valence-electron chi connectivity index (χ2n) is 4.37. The number of amides is 2. The Labute approximate surface area is 112 Å². The molecule has 0 aliphatic carbocycles. The van der Waals surface area contributed by atoms with Gasteiger partial charge in [0.2, 0.25) is 11.8 Å². The van der Waals surface area contributed by atoms with Gasteiger partial charge in [0.25, 0.3) is 0 Å². The molecule has 20 heavy (non-hydrogen) atoms. The fraction of sp³-hybridized carbons (Fsp3) is 0.333. The molecule has 0 saturated carbocycles. The van der Waals surface area contributed by atoms with E-state index in [9.17, 15) is 22.8 Å². The number of hydrogen-bond acceptors (Lipinski definition) is 4. The molecule has 0 spiro atoms. The molecule has 2 rings (SSSR count). The number of rotatable bonds is 2. The number of halogens is 3. The summed E-state index contributed by atoms with van der Waals surface area (Å²) in [4.78, 5) is 24.0. The number of nitrogens with one attached hydrogen (secondary N) is 1. The van der Waals surface area contributed by atoms with Crippen LogP contribution in [0.25, 0.3) is 0 Å². The van der Waals surface area contributed by atoms with Crippen LogP contribution in [0.15, 0.2) is 18.2 Å². The molecule has 1 saturated heterocycles. The van der Waals surface area contributed by atoms with Crippen LogP contribution in [0.4, 0.5) is 18.9 Å². The van der Waals surface area contributed by atoms with Crippen molar-refractivity contribution in [2.24, 2.45) is 5.73 Å². The Morgan fingerprint density at radius 1 is 1.20 bits per heavy atom. The molecule has 0 atom stereocenters. The molecule has 2 amide bonds. The maximum absolute atomic E-state index is 12.6. The number of nitrogens with zero attached hydrogens (tertiary/aromatic N) is 1. The van der Waals surface area contributed by atoms with E-state index in [4.69, 9.17) is 5.73 Å². The Kier molecular flexibility index (Phi) is 3.67. The lowest BCUT2D eigenvalue weighted by Crippen LogP contribution is -2.51. The molecule has 0 bridgehead atoms. The van der Waals surface area contributed by atoms with Crippen LogP contribution in [0.2, 0.25) is 0 Å². The fourth-order valence-electron chi connectivity index (χ4n) is 2.04. The number of benzene rings is 1. The average molecular weight is 287 g/mol. The van der Waals surface area contributed by atoms with Gasteiger partial charge < -0.3 is 10.6 Å². The van der Waals surface area contributed by atoms with Gasteiger partial charge in [0.1, 0.15) is 0 Å².